The Kier molecular flexibility index (Phi) is 38.7. The van der Waals surface area contributed by atoms with Gasteiger partial charge in [0.05, 0.1) is 72.7 Å². The van der Waals surface area contributed by atoms with E-state index in [2.05, 4.69) is 16.0 Å². The zero-order valence-corrected chi connectivity index (χ0v) is 69.6. The molecule has 0 aromatic heterocycles. The Hall–Kier alpha value is -3.71. The van der Waals surface area contributed by atoms with Crippen LogP contribution in [-0.2, 0) is 114 Å². The highest BCUT2D eigenvalue weighted by Crippen LogP contribution is 2.42. The van der Waals surface area contributed by atoms with Crippen molar-refractivity contribution in [3.05, 3.63) is 0 Å². The third-order valence-electron chi connectivity index (χ3n) is 24.2. The minimum atomic E-state index is -2.73. The molecule has 0 saturated carbocycles. The summed E-state index contributed by atoms with van der Waals surface area (Å²) < 4.78 is 124. The first kappa shape index (κ1) is 108. The zero-order valence-electron chi connectivity index (χ0n) is 69.6. The molecule has 11 aliphatic heterocycles. The largest absolute Gasteiger partial charge is 0.394 e. The second kappa shape index (κ2) is 47.0. The lowest BCUT2D eigenvalue weighted by Crippen LogP contribution is -2.71. The van der Waals surface area contributed by atoms with Gasteiger partial charge in [-0.05, 0) is 0 Å². The fourth-order valence-electron chi connectivity index (χ4n) is 17.0. The molecule has 11 rings (SSSR count). The van der Waals surface area contributed by atoms with E-state index < -0.39 is 428 Å². The number of hydrogen-bond donors (Lipinski definition) is 35. The molecule has 11 aliphatic rings. The lowest BCUT2D eigenvalue weighted by molar-refractivity contribution is -0.413. The highest BCUT2D eigenvalue weighted by Gasteiger charge is 2.63. The van der Waals surface area contributed by atoms with Crippen molar-refractivity contribution < 1.29 is 277 Å². The topological polar surface area (TPSA) is 928 Å². The maximum Gasteiger partial charge on any atom is 0.217 e. The Bertz CT molecular complexity index is 3510. The van der Waals surface area contributed by atoms with Crippen LogP contribution >= 0.6 is 0 Å². The number of amides is 3. The number of rotatable bonds is 34. The molecule has 0 aliphatic carbocycles. The van der Waals surface area contributed by atoms with Crippen molar-refractivity contribution in [2.45, 2.75) is 358 Å². The van der Waals surface area contributed by atoms with E-state index in [1.807, 2.05) is 0 Å². The fourth-order valence-corrected chi connectivity index (χ4v) is 17.0. The number of aliphatic hydroxyl groups is 32. The van der Waals surface area contributed by atoms with E-state index in [1.54, 1.807) is 0 Å². The lowest BCUT2D eigenvalue weighted by atomic mass is 9.93. The number of nitrogens with one attached hydrogen (secondary N) is 3. The third-order valence-corrected chi connectivity index (χ3v) is 24.2. The van der Waals surface area contributed by atoms with E-state index in [4.69, 9.17) is 99.5 Å². The van der Waals surface area contributed by atoms with Crippen molar-refractivity contribution in [3.8, 4) is 0 Å². The van der Waals surface area contributed by atoms with E-state index in [1.165, 1.54) is 0 Å². The molecule has 131 heavy (non-hydrogen) atoms. The molecule has 11 saturated heterocycles. The predicted molar refractivity (Wildman–Crippen MR) is 397 cm³/mol. The number of carbonyl (C=O) groups excluding carboxylic acids is 3. The summed E-state index contributed by atoms with van der Waals surface area (Å²) >= 11 is 0. The summed E-state index contributed by atoms with van der Waals surface area (Å²) in [5.41, 5.74) is 0. The summed E-state index contributed by atoms with van der Waals surface area (Å²) in [6.45, 7) is -10.0. The Morgan fingerprint density at radius 1 is 0.198 bits per heavy atom. The van der Waals surface area contributed by atoms with Crippen LogP contribution in [-0.4, -0.2) is 591 Å². The molecule has 760 valence electrons. The van der Waals surface area contributed by atoms with Gasteiger partial charge in [0, 0.05) is 20.8 Å². The van der Waals surface area contributed by atoms with Crippen LogP contribution in [0.2, 0.25) is 0 Å². The first-order chi connectivity index (χ1) is 62.1. The normalized spacial score (nSPS) is 50.7. The summed E-state index contributed by atoms with van der Waals surface area (Å²) in [4.78, 5) is 38.4. The highest BCUT2D eigenvalue weighted by atomic mass is 16.8. The summed E-state index contributed by atoms with van der Waals surface area (Å²) in [5, 5.41) is 364. The Labute approximate surface area is 740 Å². The van der Waals surface area contributed by atoms with E-state index in [9.17, 15) is 178 Å². The predicted octanol–water partition coefficient (Wildman–Crippen LogP) is -24.5. The van der Waals surface area contributed by atoms with Crippen LogP contribution in [0, 0.1) is 0 Å². The van der Waals surface area contributed by atoms with Crippen molar-refractivity contribution in [2.24, 2.45) is 0 Å². The highest BCUT2D eigenvalue weighted by molar-refractivity contribution is 5.74. The van der Waals surface area contributed by atoms with Gasteiger partial charge in [-0.25, -0.2) is 0 Å². The number of hydrogen-bond acceptors (Lipinski definition) is 56. The minimum absolute atomic E-state index is 0.825. The average Bonchev–Trinajstić information content (AvgIpc) is 0.707. The van der Waals surface area contributed by atoms with Gasteiger partial charge in [-0.2, -0.15) is 0 Å². The summed E-state index contributed by atoms with van der Waals surface area (Å²) in [7, 11) is 0. The lowest BCUT2D eigenvalue weighted by Gasteiger charge is -2.52. The quantitative estimate of drug-likeness (QED) is 0.0284. The van der Waals surface area contributed by atoms with Crippen LogP contribution in [0.25, 0.3) is 0 Å². The van der Waals surface area contributed by atoms with Gasteiger partial charge < -0.3 is 279 Å². The second-order valence-electron chi connectivity index (χ2n) is 33.0. The smallest absolute Gasteiger partial charge is 0.217 e. The third kappa shape index (κ3) is 23.3. The van der Waals surface area contributed by atoms with Gasteiger partial charge in [-0.15, -0.1) is 0 Å². The molecule has 0 aromatic carbocycles. The van der Waals surface area contributed by atoms with Gasteiger partial charge in [0.25, 0.3) is 0 Å². The molecule has 35 N–H and O–H groups in total. The molecule has 55 unspecified atom stereocenters. The van der Waals surface area contributed by atoms with Gasteiger partial charge in [-0.3, -0.25) is 14.4 Å². The van der Waals surface area contributed by atoms with Crippen LogP contribution in [0.1, 0.15) is 20.8 Å². The van der Waals surface area contributed by atoms with Crippen LogP contribution < -0.4 is 16.0 Å². The fraction of sp³-hybridized carbons (Fsp3) is 0.958. The average molecular weight is 1920 g/mol. The number of carbonyl (C=O) groups is 3. The molecule has 11 heterocycles. The van der Waals surface area contributed by atoms with E-state index in [0.717, 1.165) is 20.8 Å². The molecule has 0 radical (unpaired) electrons. The summed E-state index contributed by atoms with van der Waals surface area (Å²) in [5.74, 6) is -2.80. The molecule has 0 aromatic rings. The number of aliphatic hydroxyl groups excluding tert-OH is 32. The van der Waals surface area contributed by atoms with Crippen LogP contribution in [0.3, 0.4) is 0 Å². The van der Waals surface area contributed by atoms with E-state index in [0.29, 0.717) is 0 Å². The minimum Gasteiger partial charge on any atom is -0.394 e. The van der Waals surface area contributed by atoms with Crippen molar-refractivity contribution in [3.63, 3.8) is 0 Å². The zero-order chi connectivity index (χ0) is 96.2. The Morgan fingerprint density at radius 3 is 0.771 bits per heavy atom. The second-order valence-corrected chi connectivity index (χ2v) is 33.0. The van der Waals surface area contributed by atoms with Gasteiger partial charge >= 0.3 is 0 Å². The van der Waals surface area contributed by atoms with Crippen LogP contribution in [0.15, 0.2) is 0 Å². The van der Waals surface area contributed by atoms with Crippen LogP contribution in [0.5, 0.6) is 0 Å². The molecule has 55 atom stereocenters. The molecule has 59 nitrogen and oxygen atoms in total. The van der Waals surface area contributed by atoms with Gasteiger partial charge in [0.1, 0.15) is 268 Å². The Balaban J connectivity index is 0.948. The maximum absolute atomic E-state index is 13.2. The molecule has 59 heteroatoms. The van der Waals surface area contributed by atoms with Gasteiger partial charge in [-0.1, -0.05) is 0 Å². The molecule has 0 bridgehead atoms. The van der Waals surface area contributed by atoms with E-state index >= 15 is 0 Å². The van der Waals surface area contributed by atoms with Crippen molar-refractivity contribution in [1.29, 1.82) is 0 Å². The van der Waals surface area contributed by atoms with Crippen molar-refractivity contribution in [2.75, 3.05) is 72.7 Å². The summed E-state index contributed by atoms with van der Waals surface area (Å²) in [6.07, 6.45) is -114. The van der Waals surface area contributed by atoms with Crippen molar-refractivity contribution >= 4 is 17.7 Å². The molecular formula is C72H121N3O56. The molecular weight excluding hydrogens is 1800 g/mol. The monoisotopic (exact) mass is 1920 g/mol. The standard InChI is InChI=1S/C72H121N3O56/c1-15(86)73-29-37(94)53(22(8-80)112-62(29)110)123-63-30(74-16(2)87)38(95)55(24(10-82)117-63)125-70-52(109)59(36(93)28(122-70)14-111-71-60(43(100)35(92)21(7-79)116-71)130-64-31(75-17(3)88)39(96)54(23(9-81)118-64)124-65-46(103)40(97)32(89)18(4-76)113-65)129-72-61(131-69-50(107)45(102)57(26(12-84)120-69)127-67-48(105)42(99)34(91)20(6-78)115-67)51(108)58(27(13-85)121-72)128-68-49(106)44(101)56(25(11-83)119-68)126-66-47(104)41(98)33(90)19(5-77)114-66/h18-72,76-85,89-110H,4-14H2,1-3H3,(H,73,86)(H,74,87)(H,75,88). The van der Waals surface area contributed by atoms with Gasteiger partial charge in [0.2, 0.25) is 17.7 Å². The van der Waals surface area contributed by atoms with Gasteiger partial charge in [0.15, 0.2) is 69.2 Å². The molecule has 11 fully saturated rings. The first-order valence-corrected chi connectivity index (χ1v) is 41.7. The summed E-state index contributed by atoms with van der Waals surface area (Å²) in [6, 6.07) is -5.68. The van der Waals surface area contributed by atoms with Crippen LogP contribution in [0.4, 0.5) is 0 Å². The number of ether oxygens (including phenoxy) is 21. The maximum atomic E-state index is 13.2. The Morgan fingerprint density at radius 2 is 0.420 bits per heavy atom. The van der Waals surface area contributed by atoms with Crippen molar-refractivity contribution in [1.82, 2.24) is 16.0 Å². The van der Waals surface area contributed by atoms with E-state index in [-0.39, 0.29) is 0 Å². The first-order valence-electron chi connectivity index (χ1n) is 41.7. The SMILES string of the molecule is CC(=O)NC1C(O)OC(CO)C(OC2OC(CO)C(OC3OC(COC4OC(CO)C(O)C(O)C4OC4OC(CO)C(OC5OC(CO)C(O)C(O)C5O)C(O)C4NC(C)=O)C(O)C(OC4OC(CO)C(OC5OC(CO)C(OC6OC(CO)C(O)C(O)C6O)C(O)C5O)C(O)C4OC4OC(CO)C(OC5OC(CO)C(O)C(O)C5O)C(O)C4O)C3O)C(O)C2NC(C)=O)C1O. The molecule has 0 spiro atoms. The molecule has 3 amide bonds.